The van der Waals surface area contributed by atoms with Crippen LogP contribution in [0, 0.1) is 0 Å². The van der Waals surface area contributed by atoms with Gasteiger partial charge in [-0.2, -0.15) is 0 Å². The quantitative estimate of drug-likeness (QED) is 0.0151. The molecular formula is C77H90O24. The van der Waals surface area contributed by atoms with E-state index in [2.05, 4.69) is 52.6 Å². The molecule has 0 saturated carbocycles. The minimum Gasteiger partial charge on any atom is -0.487 e. The number of rotatable bonds is 46. The van der Waals surface area contributed by atoms with E-state index in [1.807, 2.05) is 72.8 Å². The van der Waals surface area contributed by atoms with Crippen LogP contribution in [0.1, 0.15) is 77.6 Å². The molecule has 0 saturated heterocycles. The Morgan fingerprint density at radius 2 is 0.535 bits per heavy atom. The topological polar surface area (TPSA) is 284 Å². The molecule has 0 amide bonds. The van der Waals surface area contributed by atoms with E-state index in [1.54, 1.807) is 12.1 Å². The molecule has 4 aromatic carbocycles. The second-order valence-electron chi connectivity index (χ2n) is 23.6. The molecule has 0 bridgehead atoms. The first kappa shape index (κ1) is 81.3. The summed E-state index contributed by atoms with van der Waals surface area (Å²) in [6.45, 7) is 38.1. The van der Waals surface area contributed by atoms with E-state index >= 15 is 0 Å². The molecule has 0 radical (unpaired) electrons. The largest absolute Gasteiger partial charge is 0.487 e. The van der Waals surface area contributed by atoms with Crippen LogP contribution in [-0.4, -0.2) is 178 Å². The van der Waals surface area contributed by atoms with Gasteiger partial charge in [0.15, 0.2) is 47.4 Å². The molecule has 101 heavy (non-hydrogen) atoms. The molecular weight excluding hydrogens is 1310 g/mol. The van der Waals surface area contributed by atoms with Crippen molar-refractivity contribution in [2.75, 3.05) is 106 Å². The Labute approximate surface area is 589 Å². The van der Waals surface area contributed by atoms with Crippen molar-refractivity contribution >= 4 is 47.8 Å². The van der Waals surface area contributed by atoms with Gasteiger partial charge in [0, 0.05) is 44.6 Å². The van der Waals surface area contributed by atoms with Gasteiger partial charge in [0.1, 0.15) is 52.9 Å². The molecule has 0 aromatic heterocycles. The highest BCUT2D eigenvalue weighted by atomic mass is 16.6. The molecule has 5 rings (SSSR count). The number of benzene rings is 4. The third kappa shape index (κ3) is 25.1. The van der Waals surface area contributed by atoms with Gasteiger partial charge in [-0.25, -0.2) is 38.4 Å². The molecule has 1 aliphatic rings. The summed E-state index contributed by atoms with van der Waals surface area (Å²) < 4.78 is 93.1. The fraction of sp³-hybridized carbons (Fsp3) is 0.377. The van der Waals surface area contributed by atoms with Crippen LogP contribution >= 0.6 is 0 Å². The highest BCUT2D eigenvalue weighted by Gasteiger charge is 2.47. The number of carbonyl (C=O) groups excluding carboxylic acids is 8. The van der Waals surface area contributed by atoms with Gasteiger partial charge in [-0.1, -0.05) is 113 Å². The standard InChI is InChI=1S/C77H90O24/c1-47(2)69(78)94-43-57(98-73(82)51(9)10)39-86-29-33-90-65-27-25-55(37-67(65)92-35-31-88-41-59(100-75(84)53(13)14)45-96-71(80)49(5)6)77(63-23-19-17-21-61(63)62-22-18-20-24-64(62)77)56-26-28-66(91-34-30-87-40-58(99-74(83)52(11)12)44-95-70(79)48(3)4)68(38-56)93-36-32-89-42-60(101-76(85)54(15)16)46-97-72(81)50(7)8/h17-28,37-38,57-60H,1,3,5,7,9,11,13,15,29-36,39-46H2,2,4,6,8,10,12,14,16H3. The molecule has 0 fully saturated rings. The zero-order chi connectivity index (χ0) is 74.3. The summed E-state index contributed by atoms with van der Waals surface area (Å²) >= 11 is 0. The van der Waals surface area contributed by atoms with Crippen molar-refractivity contribution in [2.45, 2.75) is 85.2 Å². The van der Waals surface area contributed by atoms with Gasteiger partial charge in [-0.3, -0.25) is 0 Å². The van der Waals surface area contributed by atoms with Crippen molar-refractivity contribution in [3.63, 3.8) is 0 Å². The molecule has 24 heteroatoms. The lowest BCUT2D eigenvalue weighted by Crippen LogP contribution is -2.31. The zero-order valence-corrected chi connectivity index (χ0v) is 58.7. The van der Waals surface area contributed by atoms with Crippen molar-refractivity contribution < 1.29 is 114 Å². The average Bonchev–Trinajstić information content (AvgIpc) is 1.55. The first-order chi connectivity index (χ1) is 48.0. The van der Waals surface area contributed by atoms with E-state index in [0.29, 0.717) is 11.1 Å². The minimum absolute atomic E-state index is 0.0502. The van der Waals surface area contributed by atoms with Gasteiger partial charge in [0.2, 0.25) is 0 Å². The summed E-state index contributed by atoms with van der Waals surface area (Å²) in [6.07, 6.45) is -4.07. The van der Waals surface area contributed by atoms with Gasteiger partial charge in [0.05, 0.1) is 58.3 Å². The number of hydrogen-bond acceptors (Lipinski definition) is 24. The molecule has 4 aromatic rings. The summed E-state index contributed by atoms with van der Waals surface area (Å²) in [6, 6.07) is 26.8. The second-order valence-corrected chi connectivity index (χ2v) is 23.6. The Bertz CT molecular complexity index is 3480. The summed E-state index contributed by atoms with van der Waals surface area (Å²) in [4.78, 5) is 99.8. The van der Waals surface area contributed by atoms with Crippen molar-refractivity contribution in [1.82, 2.24) is 0 Å². The van der Waals surface area contributed by atoms with Crippen LogP contribution in [0.3, 0.4) is 0 Å². The van der Waals surface area contributed by atoms with Gasteiger partial charge >= 0.3 is 47.8 Å². The predicted octanol–water partition coefficient (Wildman–Crippen LogP) is 10.1. The van der Waals surface area contributed by atoms with Crippen LogP contribution in [0.4, 0.5) is 0 Å². The lowest BCUT2D eigenvalue weighted by molar-refractivity contribution is -0.157. The normalized spacial score (nSPS) is 12.7. The number of esters is 8. The number of hydrogen-bond donors (Lipinski definition) is 0. The molecule has 1 aliphatic carbocycles. The van der Waals surface area contributed by atoms with Crippen LogP contribution in [0.25, 0.3) is 11.1 Å². The minimum atomic E-state index is -1.17. The van der Waals surface area contributed by atoms with Crippen LogP contribution in [-0.2, 0) is 101 Å². The molecule has 542 valence electrons. The van der Waals surface area contributed by atoms with Crippen molar-refractivity contribution in [1.29, 1.82) is 0 Å². The maximum absolute atomic E-state index is 12.7. The van der Waals surface area contributed by atoms with Crippen LogP contribution < -0.4 is 18.9 Å². The van der Waals surface area contributed by atoms with Crippen LogP contribution in [0.15, 0.2) is 182 Å². The second kappa shape index (κ2) is 40.6. The monoisotopic (exact) mass is 1400 g/mol. The molecule has 4 atom stereocenters. The van der Waals surface area contributed by atoms with Crippen molar-refractivity contribution in [2.24, 2.45) is 0 Å². The molecule has 0 aliphatic heterocycles. The van der Waals surface area contributed by atoms with Gasteiger partial charge in [-0.05, 0) is 113 Å². The molecule has 4 unspecified atom stereocenters. The van der Waals surface area contributed by atoms with E-state index < -0.39 is 77.6 Å². The molecule has 0 heterocycles. The number of ether oxygens (including phenoxy) is 16. The fourth-order valence-electron chi connectivity index (χ4n) is 9.31. The Morgan fingerprint density at radius 3 is 0.782 bits per heavy atom. The van der Waals surface area contributed by atoms with Gasteiger partial charge in [-0.15, -0.1) is 0 Å². The Balaban J connectivity index is 1.58. The molecule has 24 nitrogen and oxygen atoms in total. The van der Waals surface area contributed by atoms with Gasteiger partial charge in [0.25, 0.3) is 0 Å². The highest BCUT2D eigenvalue weighted by molar-refractivity contribution is 5.91. The van der Waals surface area contributed by atoms with E-state index in [1.165, 1.54) is 55.4 Å². The third-order valence-corrected chi connectivity index (χ3v) is 14.3. The summed E-state index contributed by atoms with van der Waals surface area (Å²) in [5.41, 5.74) is 4.82. The SMILES string of the molecule is C=C(C)C(=O)OCC(COCCOc1ccc(C2(c3ccc(OCCOCC(COC(=O)C(=C)C)OC(=O)C(=C)C)c(OCCOCC(COC(=O)C(=C)C)OC(=O)C(=C)C)c3)c3ccccc3-c3ccccc32)cc1OCCOCC(COC(=O)C(=C)C)OC(=O)C(=C)C)OC(=O)C(=C)C. The molecule has 0 spiro atoms. The average molecular weight is 1400 g/mol. The lowest BCUT2D eigenvalue weighted by Gasteiger charge is -2.34. The van der Waals surface area contributed by atoms with Crippen LogP contribution in [0.5, 0.6) is 23.0 Å². The molecule has 0 N–H and O–H groups in total. The summed E-state index contributed by atoms with van der Waals surface area (Å²) in [7, 11) is 0. The lowest BCUT2D eigenvalue weighted by atomic mass is 9.67. The van der Waals surface area contributed by atoms with Crippen molar-refractivity contribution in [3.8, 4) is 34.1 Å². The summed E-state index contributed by atoms with van der Waals surface area (Å²) in [5, 5.41) is 0. The summed E-state index contributed by atoms with van der Waals surface area (Å²) in [5.74, 6) is -4.59. The predicted molar refractivity (Wildman–Crippen MR) is 371 cm³/mol. The van der Waals surface area contributed by atoms with Crippen molar-refractivity contribution in [3.05, 3.63) is 204 Å². The fourth-order valence-corrected chi connectivity index (χ4v) is 9.31. The van der Waals surface area contributed by atoms with E-state index in [-0.39, 0.29) is 173 Å². The first-order valence-corrected chi connectivity index (χ1v) is 32.1. The Morgan fingerprint density at radius 1 is 0.297 bits per heavy atom. The van der Waals surface area contributed by atoms with E-state index in [0.717, 1.165) is 22.3 Å². The maximum Gasteiger partial charge on any atom is 0.333 e. The van der Waals surface area contributed by atoms with Crippen LogP contribution in [0.2, 0.25) is 0 Å². The van der Waals surface area contributed by atoms with E-state index in [9.17, 15) is 38.4 Å². The Kier molecular flexibility index (Phi) is 32.7. The first-order valence-electron chi connectivity index (χ1n) is 32.1. The highest BCUT2D eigenvalue weighted by Crippen LogP contribution is 2.57. The number of carbonyl (C=O) groups is 8. The zero-order valence-electron chi connectivity index (χ0n) is 58.7. The van der Waals surface area contributed by atoms with E-state index in [4.69, 9.17) is 75.8 Å². The smallest absolute Gasteiger partial charge is 0.333 e. The maximum atomic E-state index is 12.7. The third-order valence-electron chi connectivity index (χ3n) is 14.3. The Hall–Kier alpha value is -10.4. The van der Waals surface area contributed by atoms with Gasteiger partial charge < -0.3 is 75.8 Å². The number of fused-ring (bicyclic) bond motifs is 3.